The minimum Gasteiger partial charge on any atom is -0.385 e. The molecule has 5 heteroatoms. The fraction of sp³-hybridized carbons (Fsp3) is 0.133. The monoisotopic (exact) mass is 336 g/mol. The lowest BCUT2D eigenvalue weighted by atomic mass is 10.1. The Kier molecular flexibility index (Phi) is 4.70. The molecule has 0 aliphatic heterocycles. The van der Waals surface area contributed by atoms with E-state index in [0.717, 1.165) is 11.8 Å². The van der Waals surface area contributed by atoms with Crippen molar-refractivity contribution in [3.05, 3.63) is 63.6 Å². The number of benzene rings is 2. The molecule has 0 saturated heterocycles. The van der Waals surface area contributed by atoms with Gasteiger partial charge in [-0.2, -0.15) is 5.26 Å². The standard InChI is InChI=1S/C15H11BrF2N2/c16-15-8-14(2-1-11(15)9-19)20-4-3-10-5-12(17)7-13(18)6-10/h1-2,5-8,20H,3-4H2. The van der Waals surface area contributed by atoms with E-state index in [2.05, 4.69) is 27.3 Å². The topological polar surface area (TPSA) is 35.8 Å². The number of anilines is 1. The number of hydrogen-bond acceptors (Lipinski definition) is 2. The van der Waals surface area contributed by atoms with Gasteiger partial charge in [0.15, 0.2) is 0 Å². The number of halogens is 3. The van der Waals surface area contributed by atoms with Crippen LogP contribution in [0.2, 0.25) is 0 Å². The van der Waals surface area contributed by atoms with Gasteiger partial charge in [0.2, 0.25) is 0 Å². The molecule has 2 aromatic carbocycles. The minimum absolute atomic E-state index is 0.506. The molecule has 0 atom stereocenters. The van der Waals surface area contributed by atoms with Crippen LogP contribution < -0.4 is 5.32 Å². The van der Waals surface area contributed by atoms with Crippen molar-refractivity contribution in [1.29, 1.82) is 5.26 Å². The molecule has 0 heterocycles. The first-order chi connectivity index (χ1) is 9.58. The van der Waals surface area contributed by atoms with Gasteiger partial charge in [-0.3, -0.25) is 0 Å². The fourth-order valence-electron chi connectivity index (χ4n) is 1.82. The predicted molar refractivity (Wildman–Crippen MR) is 77.4 cm³/mol. The van der Waals surface area contributed by atoms with Gasteiger partial charge in [0.05, 0.1) is 5.56 Å². The van der Waals surface area contributed by atoms with Gasteiger partial charge in [-0.25, -0.2) is 8.78 Å². The van der Waals surface area contributed by atoms with Crippen LogP contribution in [0.25, 0.3) is 0 Å². The first-order valence-electron chi connectivity index (χ1n) is 5.97. The zero-order chi connectivity index (χ0) is 14.5. The fourth-order valence-corrected chi connectivity index (χ4v) is 2.29. The summed E-state index contributed by atoms with van der Waals surface area (Å²) in [7, 11) is 0. The van der Waals surface area contributed by atoms with Crippen molar-refractivity contribution in [2.75, 3.05) is 11.9 Å². The van der Waals surface area contributed by atoms with Gasteiger partial charge < -0.3 is 5.32 Å². The molecule has 2 aromatic rings. The summed E-state index contributed by atoms with van der Waals surface area (Å²) in [5.41, 5.74) is 2.00. The molecule has 2 nitrogen and oxygen atoms in total. The number of rotatable bonds is 4. The SMILES string of the molecule is N#Cc1ccc(NCCc2cc(F)cc(F)c2)cc1Br. The van der Waals surface area contributed by atoms with Crippen LogP contribution in [0.4, 0.5) is 14.5 Å². The summed E-state index contributed by atoms with van der Waals surface area (Å²) in [4.78, 5) is 0. The highest BCUT2D eigenvalue weighted by Gasteiger charge is 2.02. The molecular weight excluding hydrogens is 326 g/mol. The van der Waals surface area contributed by atoms with Crippen molar-refractivity contribution in [1.82, 2.24) is 0 Å². The lowest BCUT2D eigenvalue weighted by Gasteiger charge is -2.08. The molecule has 0 spiro atoms. The van der Waals surface area contributed by atoms with Crippen LogP contribution in [-0.2, 0) is 6.42 Å². The maximum Gasteiger partial charge on any atom is 0.126 e. The number of nitriles is 1. The first kappa shape index (κ1) is 14.5. The Balaban J connectivity index is 1.96. The Bertz CT molecular complexity index is 645. The number of hydrogen-bond donors (Lipinski definition) is 1. The third-order valence-electron chi connectivity index (χ3n) is 2.75. The summed E-state index contributed by atoms with van der Waals surface area (Å²) < 4.78 is 26.7. The zero-order valence-electron chi connectivity index (χ0n) is 10.5. The third-order valence-corrected chi connectivity index (χ3v) is 3.41. The molecule has 0 bridgehead atoms. The van der Waals surface area contributed by atoms with Gasteiger partial charge in [-0.15, -0.1) is 0 Å². The average molecular weight is 337 g/mol. The van der Waals surface area contributed by atoms with Crippen molar-refractivity contribution >= 4 is 21.6 Å². The summed E-state index contributed by atoms with van der Waals surface area (Å²) in [6, 6.07) is 10.8. The van der Waals surface area contributed by atoms with Crippen LogP contribution in [0.15, 0.2) is 40.9 Å². The predicted octanol–water partition coefficient (Wildman–Crippen LogP) is 4.25. The molecule has 0 aliphatic carbocycles. The molecular formula is C15H11BrF2N2. The van der Waals surface area contributed by atoms with E-state index in [1.165, 1.54) is 12.1 Å². The summed E-state index contributed by atoms with van der Waals surface area (Å²) >= 11 is 3.30. The molecule has 0 radical (unpaired) electrons. The van der Waals surface area contributed by atoms with E-state index in [9.17, 15) is 8.78 Å². The molecule has 0 aromatic heterocycles. The minimum atomic E-state index is -0.568. The van der Waals surface area contributed by atoms with E-state index >= 15 is 0 Å². The van der Waals surface area contributed by atoms with E-state index in [-0.39, 0.29) is 0 Å². The van der Waals surface area contributed by atoms with Crippen LogP contribution >= 0.6 is 15.9 Å². The maximum absolute atomic E-state index is 13.0. The van der Waals surface area contributed by atoms with Crippen molar-refractivity contribution in [3.8, 4) is 6.07 Å². The summed E-state index contributed by atoms with van der Waals surface area (Å²) in [6.07, 6.45) is 0.506. The molecule has 0 saturated carbocycles. The van der Waals surface area contributed by atoms with Crippen LogP contribution in [0, 0.1) is 23.0 Å². The Morgan fingerprint density at radius 3 is 2.40 bits per heavy atom. The lowest BCUT2D eigenvalue weighted by Crippen LogP contribution is -2.05. The Labute approximate surface area is 124 Å². The highest BCUT2D eigenvalue weighted by atomic mass is 79.9. The molecule has 0 aliphatic rings. The van der Waals surface area contributed by atoms with Gasteiger partial charge in [0, 0.05) is 22.8 Å². The molecule has 2 rings (SSSR count). The van der Waals surface area contributed by atoms with Crippen LogP contribution in [0.1, 0.15) is 11.1 Å². The van der Waals surface area contributed by atoms with Crippen molar-refractivity contribution in [2.45, 2.75) is 6.42 Å². The quantitative estimate of drug-likeness (QED) is 0.905. The highest BCUT2D eigenvalue weighted by Crippen LogP contribution is 2.20. The summed E-state index contributed by atoms with van der Waals surface area (Å²) in [5, 5.41) is 12.0. The van der Waals surface area contributed by atoms with E-state index in [1.807, 2.05) is 0 Å². The lowest BCUT2D eigenvalue weighted by molar-refractivity contribution is 0.580. The largest absolute Gasteiger partial charge is 0.385 e. The van der Waals surface area contributed by atoms with E-state index in [1.54, 1.807) is 18.2 Å². The Morgan fingerprint density at radius 1 is 1.10 bits per heavy atom. The third kappa shape index (κ3) is 3.78. The second kappa shape index (κ2) is 6.49. The van der Waals surface area contributed by atoms with E-state index in [0.29, 0.717) is 28.6 Å². The average Bonchev–Trinajstić information content (AvgIpc) is 2.38. The van der Waals surface area contributed by atoms with Gasteiger partial charge >= 0.3 is 0 Å². The van der Waals surface area contributed by atoms with Crippen molar-refractivity contribution in [2.24, 2.45) is 0 Å². The maximum atomic E-state index is 13.0. The molecule has 102 valence electrons. The van der Waals surface area contributed by atoms with Crippen LogP contribution in [0.5, 0.6) is 0 Å². The first-order valence-corrected chi connectivity index (χ1v) is 6.76. The van der Waals surface area contributed by atoms with Gasteiger partial charge in [-0.05, 0) is 58.2 Å². The van der Waals surface area contributed by atoms with Gasteiger partial charge in [0.1, 0.15) is 17.7 Å². The smallest absolute Gasteiger partial charge is 0.126 e. The normalized spacial score (nSPS) is 10.1. The van der Waals surface area contributed by atoms with Crippen molar-refractivity contribution < 1.29 is 8.78 Å². The number of nitrogens with zero attached hydrogens (tertiary/aromatic N) is 1. The summed E-state index contributed by atoms with van der Waals surface area (Å²) in [5.74, 6) is -1.14. The zero-order valence-corrected chi connectivity index (χ0v) is 12.0. The van der Waals surface area contributed by atoms with Gasteiger partial charge in [-0.1, -0.05) is 0 Å². The number of nitrogens with one attached hydrogen (secondary N) is 1. The molecule has 0 unspecified atom stereocenters. The molecule has 20 heavy (non-hydrogen) atoms. The molecule has 0 amide bonds. The highest BCUT2D eigenvalue weighted by molar-refractivity contribution is 9.10. The molecule has 1 N–H and O–H groups in total. The van der Waals surface area contributed by atoms with Gasteiger partial charge in [0.25, 0.3) is 0 Å². The molecule has 0 fully saturated rings. The van der Waals surface area contributed by atoms with Crippen LogP contribution in [-0.4, -0.2) is 6.54 Å². The Hall–Kier alpha value is -1.93. The second-order valence-corrected chi connectivity index (χ2v) is 5.12. The van der Waals surface area contributed by atoms with Crippen molar-refractivity contribution in [3.63, 3.8) is 0 Å². The Morgan fingerprint density at radius 2 is 1.80 bits per heavy atom. The van der Waals surface area contributed by atoms with E-state index < -0.39 is 11.6 Å². The second-order valence-electron chi connectivity index (χ2n) is 4.26. The summed E-state index contributed by atoms with van der Waals surface area (Å²) in [6.45, 7) is 0.543. The van der Waals surface area contributed by atoms with Crippen LogP contribution in [0.3, 0.4) is 0 Å². The van der Waals surface area contributed by atoms with E-state index in [4.69, 9.17) is 5.26 Å².